The number of methoxy groups -OCH3 is 1. The molecule has 33 heavy (non-hydrogen) atoms. The molecule has 0 saturated carbocycles. The Balaban J connectivity index is 1.38. The molecule has 2 unspecified atom stereocenters. The fourth-order valence-corrected chi connectivity index (χ4v) is 4.93. The number of tetrazole rings is 1. The standard InChI is InChI=1S/C25H32N6O2/c1-32-23-12-6-5-11-22(23)24(25-26-27-28-31(25)19-21-10-7-17-33-21)30-15-13-29(14-16-30)18-20-8-3-2-4-9-20/h2-6,8-9,11-12,21,24H,7,10,13-19H2,1H3. The molecule has 2 atom stereocenters. The minimum atomic E-state index is -0.0728. The molecule has 3 heterocycles. The molecule has 0 amide bonds. The van der Waals surface area contributed by atoms with Crippen molar-refractivity contribution in [2.24, 2.45) is 0 Å². The van der Waals surface area contributed by atoms with Crippen LogP contribution in [0.4, 0.5) is 0 Å². The van der Waals surface area contributed by atoms with E-state index in [1.165, 1.54) is 5.56 Å². The van der Waals surface area contributed by atoms with Crippen LogP contribution in [0.15, 0.2) is 54.6 Å². The first-order chi connectivity index (χ1) is 16.3. The first-order valence-electron chi connectivity index (χ1n) is 11.8. The number of hydrogen-bond acceptors (Lipinski definition) is 7. The molecule has 5 rings (SSSR count). The molecule has 0 spiro atoms. The summed E-state index contributed by atoms with van der Waals surface area (Å²) in [6.45, 7) is 6.33. The molecule has 0 bridgehead atoms. The third-order valence-electron chi connectivity index (χ3n) is 6.66. The smallest absolute Gasteiger partial charge is 0.173 e. The second-order valence-corrected chi connectivity index (χ2v) is 8.80. The Morgan fingerprint density at radius 1 is 1.03 bits per heavy atom. The van der Waals surface area contributed by atoms with E-state index in [1.807, 2.05) is 16.8 Å². The number of para-hydroxylation sites is 1. The van der Waals surface area contributed by atoms with Crippen molar-refractivity contribution in [3.8, 4) is 5.75 Å². The zero-order valence-electron chi connectivity index (χ0n) is 19.2. The zero-order valence-corrected chi connectivity index (χ0v) is 19.2. The van der Waals surface area contributed by atoms with Crippen molar-refractivity contribution in [3.63, 3.8) is 0 Å². The molecule has 2 saturated heterocycles. The monoisotopic (exact) mass is 448 g/mol. The van der Waals surface area contributed by atoms with Gasteiger partial charge in [-0.3, -0.25) is 9.80 Å². The van der Waals surface area contributed by atoms with Crippen LogP contribution in [0.5, 0.6) is 5.75 Å². The number of aromatic nitrogens is 4. The molecule has 0 aliphatic carbocycles. The predicted molar refractivity (Wildman–Crippen MR) is 125 cm³/mol. The van der Waals surface area contributed by atoms with Crippen LogP contribution in [-0.4, -0.2) is 76.0 Å². The summed E-state index contributed by atoms with van der Waals surface area (Å²) < 4.78 is 13.5. The van der Waals surface area contributed by atoms with Crippen LogP contribution in [0.3, 0.4) is 0 Å². The highest BCUT2D eigenvalue weighted by Gasteiger charge is 2.33. The fraction of sp³-hybridized carbons (Fsp3) is 0.480. The van der Waals surface area contributed by atoms with Gasteiger partial charge in [-0.25, -0.2) is 4.68 Å². The van der Waals surface area contributed by atoms with E-state index in [0.717, 1.165) is 69.3 Å². The van der Waals surface area contributed by atoms with E-state index >= 15 is 0 Å². The first kappa shape index (κ1) is 22.0. The maximum atomic E-state index is 5.87. The summed E-state index contributed by atoms with van der Waals surface area (Å²) in [5, 5.41) is 12.9. The quantitative estimate of drug-likeness (QED) is 0.525. The van der Waals surface area contributed by atoms with Crippen LogP contribution in [0.1, 0.15) is 35.8 Å². The molecule has 0 radical (unpaired) electrons. The molecule has 2 aliphatic heterocycles. The molecular formula is C25H32N6O2. The average molecular weight is 449 g/mol. The molecule has 0 N–H and O–H groups in total. The highest BCUT2D eigenvalue weighted by Crippen LogP contribution is 2.34. The molecule has 2 fully saturated rings. The summed E-state index contributed by atoms with van der Waals surface area (Å²) in [6.07, 6.45) is 2.33. The SMILES string of the molecule is COc1ccccc1C(c1nnnn1CC1CCCO1)N1CCN(Cc2ccccc2)CC1. The topological polar surface area (TPSA) is 68.5 Å². The van der Waals surface area contributed by atoms with Crippen molar-refractivity contribution in [1.29, 1.82) is 0 Å². The van der Waals surface area contributed by atoms with Gasteiger partial charge in [0.2, 0.25) is 0 Å². The molecule has 174 valence electrons. The van der Waals surface area contributed by atoms with E-state index in [4.69, 9.17) is 9.47 Å². The minimum Gasteiger partial charge on any atom is -0.496 e. The number of nitrogens with zero attached hydrogens (tertiary/aromatic N) is 6. The molecule has 1 aromatic heterocycles. The largest absolute Gasteiger partial charge is 0.496 e. The lowest BCUT2D eigenvalue weighted by molar-refractivity contribution is 0.0838. The van der Waals surface area contributed by atoms with Crippen LogP contribution >= 0.6 is 0 Å². The molecule has 8 heteroatoms. The number of hydrogen-bond donors (Lipinski definition) is 0. The fourth-order valence-electron chi connectivity index (χ4n) is 4.93. The van der Waals surface area contributed by atoms with Gasteiger partial charge in [-0.15, -0.1) is 5.10 Å². The van der Waals surface area contributed by atoms with E-state index in [0.29, 0.717) is 6.54 Å². The third kappa shape index (κ3) is 5.08. The molecular weight excluding hydrogens is 416 g/mol. The van der Waals surface area contributed by atoms with Crippen LogP contribution < -0.4 is 4.74 Å². The van der Waals surface area contributed by atoms with Crippen molar-refractivity contribution < 1.29 is 9.47 Å². The third-order valence-corrected chi connectivity index (χ3v) is 6.66. The van der Waals surface area contributed by atoms with Crippen molar-refractivity contribution in [2.45, 2.75) is 38.1 Å². The van der Waals surface area contributed by atoms with E-state index in [9.17, 15) is 0 Å². The van der Waals surface area contributed by atoms with Crippen LogP contribution in [0.2, 0.25) is 0 Å². The van der Waals surface area contributed by atoms with E-state index in [2.05, 4.69) is 67.8 Å². The normalized spacial score (nSPS) is 20.7. The average Bonchev–Trinajstić information content (AvgIpc) is 3.54. The molecule has 2 aromatic carbocycles. The summed E-state index contributed by atoms with van der Waals surface area (Å²) >= 11 is 0. The van der Waals surface area contributed by atoms with Gasteiger partial charge in [0.1, 0.15) is 11.8 Å². The van der Waals surface area contributed by atoms with Gasteiger partial charge in [0, 0.05) is 44.9 Å². The Morgan fingerprint density at radius 3 is 2.58 bits per heavy atom. The van der Waals surface area contributed by atoms with Gasteiger partial charge >= 0.3 is 0 Å². The predicted octanol–water partition coefficient (Wildman–Crippen LogP) is 2.77. The lowest BCUT2D eigenvalue weighted by Crippen LogP contribution is -2.48. The lowest BCUT2D eigenvalue weighted by atomic mass is 10.0. The summed E-state index contributed by atoms with van der Waals surface area (Å²) in [4.78, 5) is 5.00. The highest BCUT2D eigenvalue weighted by molar-refractivity contribution is 5.39. The van der Waals surface area contributed by atoms with Crippen LogP contribution in [-0.2, 0) is 17.8 Å². The van der Waals surface area contributed by atoms with Gasteiger partial charge in [-0.2, -0.15) is 0 Å². The van der Waals surface area contributed by atoms with Crippen molar-refractivity contribution in [1.82, 2.24) is 30.0 Å². The maximum absolute atomic E-state index is 5.87. The van der Waals surface area contributed by atoms with Gasteiger partial charge in [-0.1, -0.05) is 48.5 Å². The van der Waals surface area contributed by atoms with E-state index in [1.54, 1.807) is 7.11 Å². The summed E-state index contributed by atoms with van der Waals surface area (Å²) in [7, 11) is 1.73. The minimum absolute atomic E-state index is 0.0728. The Morgan fingerprint density at radius 2 is 1.82 bits per heavy atom. The summed E-state index contributed by atoms with van der Waals surface area (Å²) in [5.41, 5.74) is 2.45. The van der Waals surface area contributed by atoms with Crippen molar-refractivity contribution in [3.05, 3.63) is 71.5 Å². The number of rotatable bonds is 8. The second-order valence-electron chi connectivity index (χ2n) is 8.80. The van der Waals surface area contributed by atoms with E-state index in [-0.39, 0.29) is 12.1 Å². The van der Waals surface area contributed by atoms with Crippen LogP contribution in [0, 0.1) is 0 Å². The van der Waals surface area contributed by atoms with Gasteiger partial charge in [0.05, 0.1) is 19.8 Å². The van der Waals surface area contributed by atoms with Gasteiger partial charge in [0.15, 0.2) is 5.82 Å². The van der Waals surface area contributed by atoms with E-state index < -0.39 is 0 Å². The Kier molecular flexibility index (Phi) is 6.95. The maximum Gasteiger partial charge on any atom is 0.173 e. The molecule has 2 aliphatic rings. The molecule has 8 nitrogen and oxygen atoms in total. The summed E-state index contributed by atoms with van der Waals surface area (Å²) in [5.74, 6) is 1.72. The Labute approximate surface area is 195 Å². The zero-order chi connectivity index (χ0) is 22.5. The Hall–Kier alpha value is -2.81. The summed E-state index contributed by atoms with van der Waals surface area (Å²) in [6, 6.07) is 18.8. The Bertz CT molecular complexity index is 1010. The lowest BCUT2D eigenvalue weighted by Gasteiger charge is -2.39. The van der Waals surface area contributed by atoms with Gasteiger partial charge < -0.3 is 9.47 Å². The van der Waals surface area contributed by atoms with Crippen molar-refractivity contribution >= 4 is 0 Å². The van der Waals surface area contributed by atoms with Gasteiger partial charge in [0.25, 0.3) is 0 Å². The number of ether oxygens (including phenoxy) is 2. The first-order valence-corrected chi connectivity index (χ1v) is 11.8. The van der Waals surface area contributed by atoms with Crippen molar-refractivity contribution in [2.75, 3.05) is 39.9 Å². The van der Waals surface area contributed by atoms with Gasteiger partial charge in [-0.05, 0) is 34.9 Å². The van der Waals surface area contributed by atoms with Crippen LogP contribution in [0.25, 0.3) is 0 Å². The number of piperazine rings is 1. The highest BCUT2D eigenvalue weighted by atomic mass is 16.5. The number of benzene rings is 2. The second kappa shape index (κ2) is 10.4. The molecule has 3 aromatic rings.